The van der Waals surface area contributed by atoms with Crippen LogP contribution in [0.1, 0.15) is 36.0 Å². The first-order valence-corrected chi connectivity index (χ1v) is 10.1. The third-order valence-corrected chi connectivity index (χ3v) is 5.87. The van der Waals surface area contributed by atoms with Crippen molar-refractivity contribution >= 4 is 17.7 Å². The van der Waals surface area contributed by atoms with Crippen LogP contribution in [0.15, 0.2) is 16.1 Å². The van der Waals surface area contributed by atoms with Gasteiger partial charge in [-0.3, -0.25) is 14.5 Å². The molecule has 1 amide bonds. The Morgan fingerprint density at radius 2 is 2.12 bits per heavy atom. The molecule has 2 saturated heterocycles. The highest BCUT2D eigenvalue weighted by Crippen LogP contribution is 2.24. The van der Waals surface area contributed by atoms with Gasteiger partial charge in [-0.1, -0.05) is 11.8 Å². The van der Waals surface area contributed by atoms with Gasteiger partial charge in [0.1, 0.15) is 5.56 Å². The highest BCUT2D eigenvalue weighted by molar-refractivity contribution is 7.98. The van der Waals surface area contributed by atoms with Gasteiger partial charge in [-0.05, 0) is 44.4 Å². The Hall–Kier alpha value is -1.38. The Labute approximate surface area is 151 Å². The largest absolute Gasteiger partial charge is 0.396 e. The number of nitrogens with one attached hydrogen (secondary N) is 1. The van der Waals surface area contributed by atoms with Crippen LogP contribution in [-0.2, 0) is 0 Å². The number of hydrogen-bond donors (Lipinski definition) is 2. The molecule has 0 aliphatic carbocycles. The topological polar surface area (TPSA) is 89.5 Å². The van der Waals surface area contributed by atoms with Crippen LogP contribution in [0.5, 0.6) is 0 Å². The minimum Gasteiger partial charge on any atom is -0.396 e. The summed E-state index contributed by atoms with van der Waals surface area (Å²) in [4.78, 5) is 35.7. The van der Waals surface area contributed by atoms with Gasteiger partial charge in [-0.2, -0.15) is 0 Å². The smallest absolute Gasteiger partial charge is 0.264 e. The SMILES string of the molecule is CSc1ncc(C(=O)N2CCC(N3CCCC(CO)C3)CC2)c(=O)[nH]1. The Balaban J connectivity index is 1.58. The Morgan fingerprint density at radius 1 is 1.36 bits per heavy atom. The normalized spacial score (nSPS) is 23.0. The number of aromatic amines is 1. The molecule has 0 aromatic carbocycles. The zero-order valence-corrected chi connectivity index (χ0v) is 15.4. The van der Waals surface area contributed by atoms with E-state index in [1.54, 1.807) is 4.90 Å². The fourth-order valence-electron chi connectivity index (χ4n) is 3.82. The molecule has 8 heteroatoms. The number of piperidine rings is 2. The summed E-state index contributed by atoms with van der Waals surface area (Å²) in [6.07, 6.45) is 7.28. The maximum absolute atomic E-state index is 12.6. The summed E-state index contributed by atoms with van der Waals surface area (Å²) < 4.78 is 0. The number of nitrogens with zero attached hydrogens (tertiary/aromatic N) is 3. The maximum Gasteiger partial charge on any atom is 0.264 e. The Bertz CT molecular complexity index is 658. The molecule has 138 valence electrons. The van der Waals surface area contributed by atoms with Crippen LogP contribution in [0.2, 0.25) is 0 Å². The lowest BCUT2D eigenvalue weighted by atomic mass is 9.94. The third kappa shape index (κ3) is 4.24. The van der Waals surface area contributed by atoms with E-state index in [0.717, 1.165) is 38.8 Å². The number of aliphatic hydroxyl groups is 1. The number of aromatic nitrogens is 2. The second-order valence-electron chi connectivity index (χ2n) is 6.84. The summed E-state index contributed by atoms with van der Waals surface area (Å²) in [5.74, 6) is 0.153. The average molecular weight is 366 g/mol. The summed E-state index contributed by atoms with van der Waals surface area (Å²) in [6, 6.07) is 0.466. The molecule has 1 aromatic rings. The number of likely N-dealkylation sites (tertiary alicyclic amines) is 2. The average Bonchev–Trinajstić information content (AvgIpc) is 2.67. The molecule has 1 unspecified atom stereocenters. The number of rotatable bonds is 4. The van der Waals surface area contributed by atoms with E-state index in [4.69, 9.17) is 0 Å². The summed E-state index contributed by atoms with van der Waals surface area (Å²) in [5, 5.41) is 9.91. The molecule has 0 bridgehead atoms. The van der Waals surface area contributed by atoms with Gasteiger partial charge in [0, 0.05) is 38.5 Å². The number of hydrogen-bond acceptors (Lipinski definition) is 6. The number of carbonyl (C=O) groups excluding carboxylic acids is 1. The van der Waals surface area contributed by atoms with E-state index in [0.29, 0.717) is 30.2 Å². The zero-order chi connectivity index (χ0) is 17.8. The lowest BCUT2D eigenvalue weighted by molar-refractivity contribution is 0.0453. The third-order valence-electron chi connectivity index (χ3n) is 5.28. The van der Waals surface area contributed by atoms with Gasteiger partial charge < -0.3 is 15.0 Å². The molecule has 0 saturated carbocycles. The monoisotopic (exact) mass is 366 g/mol. The van der Waals surface area contributed by atoms with Crippen LogP contribution in [-0.4, -0.2) is 75.9 Å². The molecule has 2 aliphatic heterocycles. The van der Waals surface area contributed by atoms with E-state index in [9.17, 15) is 14.7 Å². The van der Waals surface area contributed by atoms with E-state index < -0.39 is 0 Å². The first-order valence-electron chi connectivity index (χ1n) is 8.90. The lowest BCUT2D eigenvalue weighted by Crippen LogP contribution is -2.50. The number of carbonyl (C=O) groups is 1. The van der Waals surface area contributed by atoms with Gasteiger partial charge in [0.05, 0.1) is 0 Å². The first kappa shape index (κ1) is 18.4. The van der Waals surface area contributed by atoms with E-state index in [1.807, 2.05) is 6.26 Å². The van der Waals surface area contributed by atoms with Crippen LogP contribution in [0, 0.1) is 5.92 Å². The van der Waals surface area contributed by atoms with Crippen LogP contribution >= 0.6 is 11.8 Å². The lowest BCUT2D eigenvalue weighted by Gasteiger charge is -2.42. The van der Waals surface area contributed by atoms with Gasteiger partial charge in [0.2, 0.25) is 0 Å². The summed E-state index contributed by atoms with van der Waals surface area (Å²) in [7, 11) is 0. The first-order chi connectivity index (χ1) is 12.1. The van der Waals surface area contributed by atoms with Crippen LogP contribution < -0.4 is 5.56 Å². The summed E-state index contributed by atoms with van der Waals surface area (Å²) >= 11 is 1.34. The second-order valence-corrected chi connectivity index (χ2v) is 7.64. The van der Waals surface area contributed by atoms with E-state index in [2.05, 4.69) is 14.9 Å². The van der Waals surface area contributed by atoms with E-state index in [1.165, 1.54) is 18.0 Å². The molecule has 0 spiro atoms. The van der Waals surface area contributed by atoms with Crippen molar-refractivity contribution in [1.82, 2.24) is 19.8 Å². The fraction of sp³-hybridized carbons (Fsp3) is 0.706. The molecule has 3 rings (SSSR count). The molecule has 2 N–H and O–H groups in total. The molecule has 3 heterocycles. The predicted octanol–water partition coefficient (Wildman–Crippen LogP) is 0.801. The highest BCUT2D eigenvalue weighted by atomic mass is 32.2. The second kappa shape index (κ2) is 8.33. The molecule has 0 radical (unpaired) electrons. The van der Waals surface area contributed by atoms with Crippen molar-refractivity contribution in [1.29, 1.82) is 0 Å². The number of amides is 1. The Morgan fingerprint density at radius 3 is 2.76 bits per heavy atom. The van der Waals surface area contributed by atoms with E-state index in [-0.39, 0.29) is 23.6 Å². The van der Waals surface area contributed by atoms with Crippen LogP contribution in [0.25, 0.3) is 0 Å². The summed E-state index contributed by atoms with van der Waals surface area (Å²) in [5.41, 5.74) is -0.247. The van der Waals surface area contributed by atoms with Gasteiger partial charge in [-0.25, -0.2) is 4.98 Å². The Kier molecular flexibility index (Phi) is 6.14. The molecule has 2 fully saturated rings. The van der Waals surface area contributed by atoms with Crippen LogP contribution in [0.3, 0.4) is 0 Å². The van der Waals surface area contributed by atoms with Crippen molar-refractivity contribution in [3.63, 3.8) is 0 Å². The zero-order valence-electron chi connectivity index (χ0n) is 14.6. The van der Waals surface area contributed by atoms with Crippen LogP contribution in [0.4, 0.5) is 0 Å². The van der Waals surface area contributed by atoms with Crippen molar-refractivity contribution in [2.75, 3.05) is 39.0 Å². The van der Waals surface area contributed by atoms with Gasteiger partial charge in [0.25, 0.3) is 11.5 Å². The summed E-state index contributed by atoms with van der Waals surface area (Å²) in [6.45, 7) is 3.61. The molecular weight excluding hydrogens is 340 g/mol. The number of H-pyrrole nitrogens is 1. The van der Waals surface area contributed by atoms with Crippen molar-refractivity contribution in [2.45, 2.75) is 36.9 Å². The molecular formula is C17H26N4O3S. The molecule has 2 aliphatic rings. The molecule has 1 aromatic heterocycles. The standard InChI is InChI=1S/C17H26N4O3S/c1-25-17-18-9-14(15(23)19-17)16(24)20-7-4-13(5-8-20)21-6-2-3-12(10-21)11-22/h9,12-13,22H,2-8,10-11H2,1H3,(H,18,19,23). The minimum absolute atomic E-state index is 0.120. The van der Waals surface area contributed by atoms with E-state index >= 15 is 0 Å². The van der Waals surface area contributed by atoms with Gasteiger partial charge in [0.15, 0.2) is 5.16 Å². The number of thioether (sulfide) groups is 1. The van der Waals surface area contributed by atoms with Crippen molar-refractivity contribution in [3.05, 3.63) is 22.1 Å². The van der Waals surface area contributed by atoms with Gasteiger partial charge >= 0.3 is 0 Å². The van der Waals surface area contributed by atoms with Crippen molar-refractivity contribution in [2.24, 2.45) is 5.92 Å². The van der Waals surface area contributed by atoms with Crippen molar-refractivity contribution < 1.29 is 9.90 Å². The van der Waals surface area contributed by atoms with Gasteiger partial charge in [-0.15, -0.1) is 0 Å². The van der Waals surface area contributed by atoms with Crippen molar-refractivity contribution in [3.8, 4) is 0 Å². The predicted molar refractivity (Wildman–Crippen MR) is 96.9 cm³/mol. The molecule has 1 atom stereocenters. The number of aliphatic hydroxyl groups excluding tert-OH is 1. The molecule has 7 nitrogen and oxygen atoms in total. The minimum atomic E-state index is -0.367. The molecule has 25 heavy (non-hydrogen) atoms. The fourth-order valence-corrected chi connectivity index (χ4v) is 4.17. The highest BCUT2D eigenvalue weighted by Gasteiger charge is 2.31. The quantitative estimate of drug-likeness (QED) is 0.605. The maximum atomic E-state index is 12.6.